The number of hydrogen-bond acceptors (Lipinski definition) is 4. The van der Waals surface area contributed by atoms with E-state index in [4.69, 9.17) is 5.73 Å². The maximum Gasteiger partial charge on any atom is 0.201 e. The highest BCUT2D eigenvalue weighted by molar-refractivity contribution is 7.09. The zero-order valence-corrected chi connectivity index (χ0v) is 10.8. The Kier molecular flexibility index (Phi) is 2.70. The molecule has 19 heavy (non-hydrogen) atoms. The minimum absolute atomic E-state index is 0.0882. The van der Waals surface area contributed by atoms with Crippen molar-refractivity contribution in [2.24, 2.45) is 0 Å². The van der Waals surface area contributed by atoms with Gasteiger partial charge in [0.25, 0.3) is 0 Å². The predicted octanol–water partition coefficient (Wildman–Crippen LogP) is 2.71. The number of rotatable bonds is 2. The van der Waals surface area contributed by atoms with Crippen molar-refractivity contribution < 1.29 is 8.78 Å². The standard InChI is InChI=1S/C12H10F2N4S/c1-6-9(19-5-16-6)4-18-11-8(17-12(18)15)3-2-7(13)10(11)14/h2-3,5H,4H2,1H3,(H2,15,17). The molecule has 0 radical (unpaired) electrons. The van der Waals surface area contributed by atoms with Crippen LogP contribution in [0, 0.1) is 18.6 Å². The highest BCUT2D eigenvalue weighted by Gasteiger charge is 2.17. The molecule has 0 aliphatic rings. The van der Waals surface area contributed by atoms with E-state index in [2.05, 4.69) is 9.97 Å². The summed E-state index contributed by atoms with van der Waals surface area (Å²) in [5.41, 5.74) is 8.78. The second-order valence-corrected chi connectivity index (χ2v) is 5.09. The van der Waals surface area contributed by atoms with Gasteiger partial charge in [-0.3, -0.25) is 0 Å². The number of anilines is 1. The first-order chi connectivity index (χ1) is 9.08. The molecule has 0 saturated heterocycles. The molecule has 0 unspecified atom stereocenters. The summed E-state index contributed by atoms with van der Waals surface area (Å²) in [6.45, 7) is 2.19. The second kappa shape index (κ2) is 4.27. The Bertz CT molecular complexity index is 763. The third-order valence-corrected chi connectivity index (χ3v) is 3.90. The average molecular weight is 280 g/mol. The Morgan fingerprint density at radius 1 is 1.37 bits per heavy atom. The van der Waals surface area contributed by atoms with Crippen LogP contribution < -0.4 is 5.73 Å². The van der Waals surface area contributed by atoms with Crippen LogP contribution in [0.5, 0.6) is 0 Å². The van der Waals surface area contributed by atoms with E-state index >= 15 is 0 Å². The number of nitrogens with two attached hydrogens (primary N) is 1. The fourth-order valence-corrected chi connectivity index (χ4v) is 2.72. The molecule has 1 aromatic carbocycles. The molecule has 7 heteroatoms. The van der Waals surface area contributed by atoms with Crippen LogP contribution in [-0.4, -0.2) is 14.5 Å². The quantitative estimate of drug-likeness (QED) is 0.785. The molecule has 3 aromatic rings. The molecule has 0 aliphatic carbocycles. The SMILES string of the molecule is Cc1ncsc1Cn1c(N)nc2ccc(F)c(F)c21. The maximum absolute atomic E-state index is 13.9. The zero-order chi connectivity index (χ0) is 13.6. The zero-order valence-electron chi connectivity index (χ0n) is 10.0. The molecule has 0 spiro atoms. The molecule has 4 nitrogen and oxygen atoms in total. The van der Waals surface area contributed by atoms with Crippen LogP contribution in [0.25, 0.3) is 11.0 Å². The van der Waals surface area contributed by atoms with Gasteiger partial charge < -0.3 is 10.3 Å². The Hall–Kier alpha value is -2.02. The molecule has 2 aromatic heterocycles. The number of fused-ring (bicyclic) bond motifs is 1. The number of nitrogen functional groups attached to an aromatic ring is 1. The summed E-state index contributed by atoms with van der Waals surface area (Å²) < 4.78 is 28.7. The van der Waals surface area contributed by atoms with Crippen LogP contribution in [0.15, 0.2) is 17.6 Å². The van der Waals surface area contributed by atoms with Gasteiger partial charge in [0.2, 0.25) is 5.95 Å². The largest absolute Gasteiger partial charge is 0.369 e. The van der Waals surface area contributed by atoms with Crippen LogP contribution in [0.4, 0.5) is 14.7 Å². The van der Waals surface area contributed by atoms with Gasteiger partial charge in [-0.25, -0.2) is 18.7 Å². The molecule has 98 valence electrons. The van der Waals surface area contributed by atoms with Crippen molar-refractivity contribution in [3.63, 3.8) is 0 Å². The lowest BCUT2D eigenvalue weighted by Crippen LogP contribution is -2.05. The molecule has 0 saturated carbocycles. The Morgan fingerprint density at radius 3 is 2.84 bits per heavy atom. The van der Waals surface area contributed by atoms with Crippen LogP contribution in [0.1, 0.15) is 10.6 Å². The molecule has 0 bridgehead atoms. The summed E-state index contributed by atoms with van der Waals surface area (Å²) in [6.07, 6.45) is 0. The van der Waals surface area contributed by atoms with E-state index in [1.54, 1.807) is 5.51 Å². The third-order valence-electron chi connectivity index (χ3n) is 2.98. The molecular formula is C12H10F2N4S. The summed E-state index contributed by atoms with van der Waals surface area (Å²) in [5.74, 6) is -1.68. The van der Waals surface area contributed by atoms with E-state index in [1.807, 2.05) is 6.92 Å². The van der Waals surface area contributed by atoms with Gasteiger partial charge in [0.1, 0.15) is 5.52 Å². The third kappa shape index (κ3) is 1.86. The first-order valence-corrected chi connectivity index (χ1v) is 6.44. The van der Waals surface area contributed by atoms with E-state index in [1.165, 1.54) is 22.0 Å². The number of halogens is 2. The normalized spacial score (nSPS) is 11.3. The van der Waals surface area contributed by atoms with Crippen molar-refractivity contribution in [1.82, 2.24) is 14.5 Å². The number of imidazole rings is 1. The lowest BCUT2D eigenvalue weighted by molar-refractivity contribution is 0.512. The van der Waals surface area contributed by atoms with Crippen molar-refractivity contribution in [2.75, 3.05) is 5.73 Å². The number of thiazole rings is 1. The van der Waals surface area contributed by atoms with Gasteiger partial charge in [0.05, 0.1) is 23.3 Å². The summed E-state index contributed by atoms with van der Waals surface area (Å²) in [6, 6.07) is 2.46. The topological polar surface area (TPSA) is 56.7 Å². The first kappa shape index (κ1) is 12.0. The van der Waals surface area contributed by atoms with E-state index in [0.717, 1.165) is 16.6 Å². The van der Waals surface area contributed by atoms with E-state index < -0.39 is 11.6 Å². The number of benzene rings is 1. The second-order valence-electron chi connectivity index (χ2n) is 4.15. The van der Waals surface area contributed by atoms with Gasteiger partial charge in [-0.05, 0) is 19.1 Å². The fourth-order valence-electron chi connectivity index (χ4n) is 1.96. The van der Waals surface area contributed by atoms with Gasteiger partial charge >= 0.3 is 0 Å². The van der Waals surface area contributed by atoms with Gasteiger partial charge in [-0.1, -0.05) is 0 Å². The van der Waals surface area contributed by atoms with Crippen molar-refractivity contribution in [3.8, 4) is 0 Å². The van der Waals surface area contributed by atoms with E-state index in [0.29, 0.717) is 12.1 Å². The molecule has 3 rings (SSSR count). The number of hydrogen-bond donors (Lipinski definition) is 1. The Balaban J connectivity index is 2.20. The highest BCUT2D eigenvalue weighted by Crippen LogP contribution is 2.25. The number of nitrogens with zero attached hydrogens (tertiary/aromatic N) is 3. The molecule has 0 amide bonds. The van der Waals surface area contributed by atoms with Crippen LogP contribution in [-0.2, 0) is 6.54 Å². The number of aryl methyl sites for hydroxylation is 1. The average Bonchev–Trinajstić information content (AvgIpc) is 2.91. The molecule has 0 aliphatic heterocycles. The van der Waals surface area contributed by atoms with Crippen molar-refractivity contribution in [3.05, 3.63) is 39.8 Å². The van der Waals surface area contributed by atoms with E-state index in [-0.39, 0.29) is 11.5 Å². The molecule has 0 atom stereocenters. The highest BCUT2D eigenvalue weighted by atomic mass is 32.1. The summed E-state index contributed by atoms with van der Waals surface area (Å²) in [7, 11) is 0. The van der Waals surface area contributed by atoms with Crippen LogP contribution >= 0.6 is 11.3 Å². The summed E-state index contributed by atoms with van der Waals surface area (Å²) in [5, 5.41) is 0. The van der Waals surface area contributed by atoms with Crippen molar-refractivity contribution >= 4 is 28.3 Å². The first-order valence-electron chi connectivity index (χ1n) is 5.56. The Morgan fingerprint density at radius 2 is 2.16 bits per heavy atom. The smallest absolute Gasteiger partial charge is 0.201 e. The fraction of sp³-hybridized carbons (Fsp3) is 0.167. The Labute approximate surface area is 111 Å². The lowest BCUT2D eigenvalue weighted by atomic mass is 10.3. The number of aromatic nitrogens is 3. The van der Waals surface area contributed by atoms with Gasteiger partial charge in [-0.15, -0.1) is 11.3 Å². The van der Waals surface area contributed by atoms with E-state index in [9.17, 15) is 8.78 Å². The molecular weight excluding hydrogens is 270 g/mol. The molecule has 0 fully saturated rings. The van der Waals surface area contributed by atoms with Gasteiger partial charge in [0.15, 0.2) is 11.6 Å². The van der Waals surface area contributed by atoms with Crippen molar-refractivity contribution in [1.29, 1.82) is 0 Å². The minimum atomic E-state index is -0.927. The van der Waals surface area contributed by atoms with Crippen LogP contribution in [0.2, 0.25) is 0 Å². The lowest BCUT2D eigenvalue weighted by Gasteiger charge is -2.06. The maximum atomic E-state index is 13.9. The molecule has 2 N–H and O–H groups in total. The monoisotopic (exact) mass is 280 g/mol. The summed E-state index contributed by atoms with van der Waals surface area (Å²) >= 11 is 1.44. The van der Waals surface area contributed by atoms with Crippen molar-refractivity contribution in [2.45, 2.75) is 13.5 Å². The molecule has 2 heterocycles. The predicted molar refractivity (Wildman–Crippen MR) is 70.0 cm³/mol. The van der Waals surface area contributed by atoms with Crippen LogP contribution in [0.3, 0.4) is 0 Å². The summed E-state index contributed by atoms with van der Waals surface area (Å²) in [4.78, 5) is 9.11. The minimum Gasteiger partial charge on any atom is -0.369 e. The van der Waals surface area contributed by atoms with Gasteiger partial charge in [0, 0.05) is 4.88 Å². The van der Waals surface area contributed by atoms with Gasteiger partial charge in [-0.2, -0.15) is 0 Å².